The molecular weight excluding hydrogens is 695 g/mol. The first-order chi connectivity index (χ1) is 25.5. The quantitative estimate of drug-likeness (QED) is 0.165. The lowest BCUT2D eigenvalue weighted by atomic mass is 9.33. The molecular formula is C44H37BN2O4S2. The summed E-state index contributed by atoms with van der Waals surface area (Å²) < 4.78 is 26.0. The molecule has 0 bridgehead atoms. The molecule has 11 rings (SSSR count). The zero-order valence-electron chi connectivity index (χ0n) is 30.5. The molecule has 6 nitrogen and oxygen atoms in total. The van der Waals surface area contributed by atoms with Gasteiger partial charge in [0.25, 0.3) is 6.71 Å². The van der Waals surface area contributed by atoms with Crippen LogP contribution in [0.5, 0.6) is 23.0 Å². The van der Waals surface area contributed by atoms with Crippen LogP contribution in [-0.4, -0.2) is 20.3 Å². The third-order valence-corrected chi connectivity index (χ3v) is 13.5. The Kier molecular flexibility index (Phi) is 6.36. The highest BCUT2D eigenvalue weighted by atomic mass is 32.1. The Morgan fingerprint density at radius 1 is 0.509 bits per heavy atom. The van der Waals surface area contributed by atoms with Gasteiger partial charge < -0.3 is 28.7 Å². The third kappa shape index (κ3) is 4.50. The number of ether oxygens (including phenoxy) is 4. The van der Waals surface area contributed by atoms with Gasteiger partial charge in [-0.15, -0.1) is 22.7 Å². The van der Waals surface area contributed by atoms with Gasteiger partial charge in [-0.3, -0.25) is 0 Å². The van der Waals surface area contributed by atoms with Crippen LogP contribution in [0.2, 0.25) is 0 Å². The molecule has 0 saturated heterocycles. The van der Waals surface area contributed by atoms with Gasteiger partial charge in [0, 0.05) is 32.9 Å². The second-order valence-electron chi connectivity index (χ2n) is 16.5. The molecule has 0 atom stereocenters. The molecule has 7 aromatic rings. The maximum absolute atomic E-state index is 5.96. The minimum Gasteiger partial charge on any atom is -0.454 e. The summed E-state index contributed by atoms with van der Waals surface area (Å²) in [6.45, 7) is 14.3. The second kappa shape index (κ2) is 10.7. The van der Waals surface area contributed by atoms with Gasteiger partial charge in [0.05, 0.1) is 21.4 Å². The number of nitrogens with zero attached hydrogens (tertiary/aromatic N) is 2. The maximum Gasteiger partial charge on any atom is 0.256 e. The normalized spacial score (nSPS) is 15.3. The molecule has 9 heteroatoms. The van der Waals surface area contributed by atoms with Crippen molar-refractivity contribution in [2.45, 2.75) is 52.4 Å². The Balaban J connectivity index is 1.27. The van der Waals surface area contributed by atoms with Crippen LogP contribution in [0.1, 0.15) is 52.7 Å². The smallest absolute Gasteiger partial charge is 0.256 e. The van der Waals surface area contributed by atoms with E-state index in [4.69, 9.17) is 18.9 Å². The molecule has 0 aliphatic carbocycles. The highest BCUT2D eigenvalue weighted by Gasteiger charge is 2.47. The summed E-state index contributed by atoms with van der Waals surface area (Å²) in [6.07, 6.45) is 0. The van der Waals surface area contributed by atoms with Gasteiger partial charge in [0.1, 0.15) is 0 Å². The zero-order valence-corrected chi connectivity index (χ0v) is 32.1. The highest BCUT2D eigenvalue weighted by molar-refractivity contribution is 7.29. The predicted octanol–water partition coefficient (Wildman–Crippen LogP) is 10.3. The molecule has 0 unspecified atom stereocenters. The summed E-state index contributed by atoms with van der Waals surface area (Å²) in [7, 11) is 0. The molecule has 0 fully saturated rings. The van der Waals surface area contributed by atoms with Gasteiger partial charge in [-0.1, -0.05) is 71.9 Å². The molecule has 0 spiro atoms. The first kappa shape index (κ1) is 31.4. The lowest BCUT2D eigenvalue weighted by molar-refractivity contribution is 0.173. The molecule has 4 aliphatic rings. The minimum absolute atomic E-state index is 0.00230. The van der Waals surface area contributed by atoms with Crippen molar-refractivity contribution in [3.63, 3.8) is 0 Å². The lowest BCUT2D eigenvalue weighted by Gasteiger charge is -2.42. The zero-order chi connectivity index (χ0) is 36.0. The second-order valence-corrected chi connectivity index (χ2v) is 18.5. The molecule has 0 saturated carbocycles. The standard InChI is InChI=1S/C44H37BN2O4S2/c1-43(2,3)24-10-16-36-28(18-24)38-41(52-36)46(26-12-14-32-34(20-26)50-22-48-32)30-8-7-9-31-40(30)45(38)39-29-19-25(44(4,5)6)11-17-37(29)53-42(39)47(31)27-13-15-33-35(21-27)51-23-49-33/h7-21H,22-23H2,1-6H3. The van der Waals surface area contributed by atoms with Crippen LogP contribution in [-0.2, 0) is 10.8 Å². The van der Waals surface area contributed by atoms with Gasteiger partial charge in [0.2, 0.25) is 13.6 Å². The van der Waals surface area contributed by atoms with Crippen molar-refractivity contribution in [3.8, 4) is 23.0 Å². The monoisotopic (exact) mass is 732 g/mol. The minimum atomic E-state index is 0.00230. The van der Waals surface area contributed by atoms with Crippen LogP contribution in [0.3, 0.4) is 0 Å². The summed E-state index contributed by atoms with van der Waals surface area (Å²) in [5.41, 5.74) is 11.1. The molecule has 0 amide bonds. The largest absolute Gasteiger partial charge is 0.454 e. The van der Waals surface area contributed by atoms with Crippen LogP contribution >= 0.6 is 22.7 Å². The highest BCUT2D eigenvalue weighted by Crippen LogP contribution is 2.52. The SMILES string of the molecule is CC(C)(C)c1ccc2sc3c(c2c1)B1c2c(cccc2N(c2ccc4c(c2)OCO4)c2sc4ccc(C(C)(C)C)cc4c21)N3c1ccc2c(c1)OCO2. The fourth-order valence-electron chi connectivity index (χ4n) is 8.47. The molecule has 262 valence electrons. The fraction of sp³-hybridized carbons (Fsp3) is 0.227. The molecule has 5 aromatic carbocycles. The Hall–Kier alpha value is -5.12. The van der Waals surface area contributed by atoms with Crippen molar-refractivity contribution < 1.29 is 18.9 Å². The topological polar surface area (TPSA) is 43.4 Å². The molecule has 0 radical (unpaired) electrons. The number of benzene rings is 5. The molecule has 53 heavy (non-hydrogen) atoms. The van der Waals surface area contributed by atoms with E-state index in [-0.39, 0.29) is 31.1 Å². The summed E-state index contributed by atoms with van der Waals surface area (Å²) in [5, 5.41) is 5.13. The Morgan fingerprint density at radius 3 is 1.42 bits per heavy atom. The maximum atomic E-state index is 5.96. The van der Waals surface area contributed by atoms with Crippen LogP contribution < -0.4 is 45.1 Å². The number of hydrogen-bond donors (Lipinski definition) is 0. The summed E-state index contributed by atoms with van der Waals surface area (Å²) in [6, 6.07) is 33.7. The van der Waals surface area contributed by atoms with E-state index in [0.717, 1.165) is 34.4 Å². The predicted molar refractivity (Wildman–Crippen MR) is 221 cm³/mol. The van der Waals surface area contributed by atoms with Crippen LogP contribution in [0.25, 0.3) is 20.2 Å². The number of thiophene rings is 2. The van der Waals surface area contributed by atoms with E-state index in [0.29, 0.717) is 0 Å². The summed E-state index contributed by atoms with van der Waals surface area (Å²) in [5.74, 6) is 3.11. The van der Waals surface area contributed by atoms with Crippen molar-refractivity contribution in [1.82, 2.24) is 0 Å². The van der Waals surface area contributed by atoms with Crippen molar-refractivity contribution in [1.29, 1.82) is 0 Å². The first-order valence-corrected chi connectivity index (χ1v) is 19.8. The van der Waals surface area contributed by atoms with Crippen molar-refractivity contribution in [3.05, 3.63) is 102 Å². The number of anilines is 6. The summed E-state index contributed by atoms with van der Waals surface area (Å²) in [4.78, 5) is 4.93. The Bertz CT molecular complexity index is 2520. The van der Waals surface area contributed by atoms with Gasteiger partial charge in [-0.05, 0) is 97.6 Å². The van der Waals surface area contributed by atoms with Crippen molar-refractivity contribution in [2.24, 2.45) is 0 Å². The number of fused-ring (bicyclic) bond motifs is 10. The van der Waals surface area contributed by atoms with E-state index in [1.165, 1.54) is 69.1 Å². The number of rotatable bonds is 2. The van der Waals surface area contributed by atoms with Crippen molar-refractivity contribution >= 4 is 98.7 Å². The molecule has 4 aliphatic heterocycles. The van der Waals surface area contributed by atoms with Gasteiger partial charge in [-0.25, -0.2) is 0 Å². The molecule has 0 N–H and O–H groups in total. The van der Waals surface area contributed by atoms with Crippen LogP contribution in [0, 0.1) is 0 Å². The van der Waals surface area contributed by atoms with Crippen LogP contribution in [0.15, 0.2) is 91.0 Å². The average Bonchev–Trinajstić information content (AvgIpc) is 3.94. The lowest BCUT2D eigenvalue weighted by Crippen LogP contribution is -2.60. The van der Waals surface area contributed by atoms with Gasteiger partial charge in [0.15, 0.2) is 23.0 Å². The van der Waals surface area contributed by atoms with E-state index < -0.39 is 0 Å². The van der Waals surface area contributed by atoms with Gasteiger partial charge in [-0.2, -0.15) is 0 Å². The van der Waals surface area contributed by atoms with Gasteiger partial charge >= 0.3 is 0 Å². The molecule has 6 heterocycles. The Labute approximate surface area is 317 Å². The summed E-state index contributed by atoms with van der Waals surface area (Å²) >= 11 is 3.76. The number of hydrogen-bond acceptors (Lipinski definition) is 8. The Morgan fingerprint density at radius 2 is 0.962 bits per heavy atom. The van der Waals surface area contributed by atoms with Crippen LogP contribution in [0.4, 0.5) is 32.8 Å². The van der Waals surface area contributed by atoms with Crippen molar-refractivity contribution in [2.75, 3.05) is 23.4 Å². The van der Waals surface area contributed by atoms with E-state index in [1.54, 1.807) is 0 Å². The molecule has 2 aromatic heterocycles. The van der Waals surface area contributed by atoms with E-state index in [9.17, 15) is 0 Å². The third-order valence-electron chi connectivity index (χ3n) is 11.2. The average molecular weight is 733 g/mol. The van der Waals surface area contributed by atoms with E-state index >= 15 is 0 Å². The fourth-order valence-corrected chi connectivity index (χ4v) is 11.0. The van der Waals surface area contributed by atoms with E-state index in [1.807, 2.05) is 34.8 Å². The first-order valence-electron chi connectivity index (χ1n) is 18.2. The van der Waals surface area contributed by atoms with E-state index in [2.05, 4.69) is 130 Å².